The number of rotatable bonds is 5. The van der Waals surface area contributed by atoms with Crippen LogP contribution >= 0.6 is 0 Å². The van der Waals surface area contributed by atoms with Crippen LogP contribution in [0.5, 0.6) is 0 Å². The molecule has 0 saturated heterocycles. The van der Waals surface area contributed by atoms with Crippen molar-refractivity contribution in [2.45, 2.75) is 0 Å². The van der Waals surface area contributed by atoms with Gasteiger partial charge in [-0.15, -0.1) is 0 Å². The van der Waals surface area contributed by atoms with Crippen LogP contribution in [0, 0.1) is 0 Å². The maximum atomic E-state index is 3.41. The number of hydrogen-bond donors (Lipinski definition) is 2. The van der Waals surface area contributed by atoms with Crippen LogP contribution in [0.1, 0.15) is 0 Å². The Morgan fingerprint density at radius 1 is 0.522 bits per heavy atom. The molecule has 0 spiro atoms. The van der Waals surface area contributed by atoms with Gasteiger partial charge in [0.05, 0.1) is 0 Å². The van der Waals surface area contributed by atoms with Crippen LogP contribution in [0.2, 0.25) is 0 Å². The average molecular weight is 303 g/mol. The summed E-state index contributed by atoms with van der Waals surface area (Å²) < 4.78 is 0. The monoisotopic (exact) mass is 303 g/mol. The molecule has 3 aromatic carbocycles. The SMILES string of the molecule is CN(C)c1ccc(Nc2ccc(Nc3ccccc3)cc2)cc1. The Morgan fingerprint density at radius 3 is 1.35 bits per heavy atom. The third kappa shape index (κ3) is 4.04. The molecule has 23 heavy (non-hydrogen) atoms. The Hall–Kier alpha value is -2.94. The van der Waals surface area contributed by atoms with Crippen LogP contribution in [0.4, 0.5) is 28.4 Å². The summed E-state index contributed by atoms with van der Waals surface area (Å²) in [6.45, 7) is 0. The molecule has 0 unspecified atom stereocenters. The molecule has 0 heterocycles. The molecule has 0 amide bonds. The largest absolute Gasteiger partial charge is 0.378 e. The van der Waals surface area contributed by atoms with E-state index in [4.69, 9.17) is 0 Å². The second-order valence-corrected chi connectivity index (χ2v) is 5.63. The zero-order valence-corrected chi connectivity index (χ0v) is 13.5. The second kappa shape index (κ2) is 6.88. The summed E-state index contributed by atoms with van der Waals surface area (Å²) in [5.41, 5.74) is 5.51. The normalized spacial score (nSPS) is 10.2. The Labute approximate surface area is 137 Å². The Balaban J connectivity index is 1.65. The topological polar surface area (TPSA) is 27.3 Å². The standard InChI is InChI=1S/C20H21N3/c1-23(2)20-14-12-19(13-15-20)22-18-10-8-17(9-11-18)21-16-6-4-3-5-7-16/h3-15,21-22H,1-2H3. The van der Waals surface area contributed by atoms with Crippen molar-refractivity contribution >= 4 is 28.4 Å². The Bertz CT molecular complexity index is 732. The van der Waals surface area contributed by atoms with E-state index in [0.29, 0.717) is 0 Å². The first-order chi connectivity index (χ1) is 11.2. The van der Waals surface area contributed by atoms with Crippen LogP contribution in [-0.2, 0) is 0 Å². The van der Waals surface area contributed by atoms with Gasteiger partial charge in [0.15, 0.2) is 0 Å². The highest BCUT2D eigenvalue weighted by atomic mass is 15.1. The van der Waals surface area contributed by atoms with Crippen molar-refractivity contribution in [2.75, 3.05) is 29.6 Å². The van der Waals surface area contributed by atoms with E-state index in [9.17, 15) is 0 Å². The second-order valence-electron chi connectivity index (χ2n) is 5.63. The van der Waals surface area contributed by atoms with E-state index < -0.39 is 0 Å². The van der Waals surface area contributed by atoms with Gasteiger partial charge >= 0.3 is 0 Å². The summed E-state index contributed by atoms with van der Waals surface area (Å²) in [5.74, 6) is 0. The van der Waals surface area contributed by atoms with Gasteiger partial charge in [0.1, 0.15) is 0 Å². The van der Waals surface area contributed by atoms with Crippen molar-refractivity contribution in [3.8, 4) is 0 Å². The minimum Gasteiger partial charge on any atom is -0.378 e. The highest BCUT2D eigenvalue weighted by Crippen LogP contribution is 2.23. The average Bonchev–Trinajstić information content (AvgIpc) is 2.58. The fourth-order valence-electron chi connectivity index (χ4n) is 2.33. The predicted molar refractivity (Wildman–Crippen MR) is 100 cm³/mol. The van der Waals surface area contributed by atoms with Gasteiger partial charge in [0, 0.05) is 42.5 Å². The maximum Gasteiger partial charge on any atom is 0.0385 e. The van der Waals surface area contributed by atoms with Crippen LogP contribution in [0.25, 0.3) is 0 Å². The number of nitrogens with zero attached hydrogens (tertiary/aromatic N) is 1. The number of nitrogens with one attached hydrogen (secondary N) is 2. The molecule has 3 rings (SSSR count). The quantitative estimate of drug-likeness (QED) is 0.675. The summed E-state index contributed by atoms with van der Waals surface area (Å²) in [5, 5.41) is 6.80. The molecular formula is C20H21N3. The van der Waals surface area contributed by atoms with E-state index in [1.165, 1.54) is 5.69 Å². The molecule has 3 nitrogen and oxygen atoms in total. The molecule has 0 atom stereocenters. The summed E-state index contributed by atoms with van der Waals surface area (Å²) in [4.78, 5) is 2.09. The van der Waals surface area contributed by atoms with Crippen molar-refractivity contribution in [2.24, 2.45) is 0 Å². The zero-order valence-electron chi connectivity index (χ0n) is 13.5. The third-order valence-electron chi connectivity index (χ3n) is 3.62. The number of hydrogen-bond acceptors (Lipinski definition) is 3. The molecule has 0 radical (unpaired) electrons. The maximum absolute atomic E-state index is 3.41. The van der Waals surface area contributed by atoms with Gasteiger partial charge < -0.3 is 15.5 Å². The van der Waals surface area contributed by atoms with Gasteiger partial charge in [-0.3, -0.25) is 0 Å². The lowest BCUT2D eigenvalue weighted by molar-refractivity contribution is 1.13. The molecule has 0 aliphatic rings. The van der Waals surface area contributed by atoms with E-state index in [0.717, 1.165) is 22.7 Å². The lowest BCUT2D eigenvalue weighted by Crippen LogP contribution is -2.08. The smallest absolute Gasteiger partial charge is 0.0385 e. The lowest BCUT2D eigenvalue weighted by Gasteiger charge is -2.13. The van der Waals surface area contributed by atoms with Gasteiger partial charge in [-0.1, -0.05) is 18.2 Å². The van der Waals surface area contributed by atoms with Crippen LogP contribution in [0.15, 0.2) is 78.9 Å². The van der Waals surface area contributed by atoms with E-state index in [1.807, 2.05) is 32.3 Å². The molecule has 0 aliphatic carbocycles. The minimum atomic E-state index is 1.07. The van der Waals surface area contributed by atoms with E-state index in [1.54, 1.807) is 0 Å². The molecule has 0 aromatic heterocycles. The molecule has 0 saturated carbocycles. The van der Waals surface area contributed by atoms with Gasteiger partial charge in [-0.2, -0.15) is 0 Å². The van der Waals surface area contributed by atoms with Crippen molar-refractivity contribution in [3.05, 3.63) is 78.9 Å². The summed E-state index contributed by atoms with van der Waals surface area (Å²) in [6, 6.07) is 26.9. The molecule has 0 bridgehead atoms. The summed E-state index contributed by atoms with van der Waals surface area (Å²) >= 11 is 0. The van der Waals surface area contributed by atoms with E-state index >= 15 is 0 Å². The number of para-hydroxylation sites is 1. The van der Waals surface area contributed by atoms with Crippen LogP contribution < -0.4 is 15.5 Å². The predicted octanol–water partition coefficient (Wildman–Crippen LogP) is 5.24. The zero-order chi connectivity index (χ0) is 16.1. The first-order valence-corrected chi connectivity index (χ1v) is 7.67. The number of benzene rings is 3. The molecule has 0 fully saturated rings. The van der Waals surface area contributed by atoms with Crippen LogP contribution in [-0.4, -0.2) is 14.1 Å². The highest BCUT2D eigenvalue weighted by Gasteiger charge is 1.98. The molecular weight excluding hydrogens is 282 g/mol. The van der Waals surface area contributed by atoms with Crippen molar-refractivity contribution in [3.63, 3.8) is 0 Å². The first-order valence-electron chi connectivity index (χ1n) is 7.67. The molecule has 3 heteroatoms. The first kappa shape index (κ1) is 15.0. The van der Waals surface area contributed by atoms with Gasteiger partial charge in [-0.25, -0.2) is 0 Å². The summed E-state index contributed by atoms with van der Waals surface area (Å²) in [7, 11) is 4.09. The molecule has 0 aliphatic heterocycles. The Morgan fingerprint density at radius 2 is 0.913 bits per heavy atom. The van der Waals surface area contributed by atoms with Crippen molar-refractivity contribution in [1.82, 2.24) is 0 Å². The lowest BCUT2D eigenvalue weighted by atomic mass is 10.2. The molecule has 116 valence electrons. The van der Waals surface area contributed by atoms with E-state index in [-0.39, 0.29) is 0 Å². The fourth-order valence-corrected chi connectivity index (χ4v) is 2.33. The van der Waals surface area contributed by atoms with Gasteiger partial charge in [-0.05, 0) is 60.7 Å². The van der Waals surface area contributed by atoms with Gasteiger partial charge in [0.25, 0.3) is 0 Å². The fraction of sp³-hybridized carbons (Fsp3) is 0.100. The van der Waals surface area contributed by atoms with Crippen LogP contribution in [0.3, 0.4) is 0 Å². The Kier molecular flexibility index (Phi) is 4.48. The third-order valence-corrected chi connectivity index (χ3v) is 3.62. The highest BCUT2D eigenvalue weighted by molar-refractivity contribution is 5.67. The summed E-state index contributed by atoms with van der Waals surface area (Å²) in [6.07, 6.45) is 0. The minimum absolute atomic E-state index is 1.07. The van der Waals surface area contributed by atoms with E-state index in [2.05, 4.69) is 76.2 Å². The number of anilines is 5. The molecule has 2 N–H and O–H groups in total. The van der Waals surface area contributed by atoms with Crippen molar-refractivity contribution in [1.29, 1.82) is 0 Å². The van der Waals surface area contributed by atoms with Crippen molar-refractivity contribution < 1.29 is 0 Å². The molecule has 3 aromatic rings. The van der Waals surface area contributed by atoms with Gasteiger partial charge in [0.2, 0.25) is 0 Å².